The highest BCUT2D eigenvalue weighted by Crippen LogP contribution is 2.28. The van der Waals surface area contributed by atoms with Gasteiger partial charge in [0.2, 0.25) is 5.91 Å². The molecule has 3 aromatic rings. The monoisotopic (exact) mass is 480 g/mol. The van der Waals surface area contributed by atoms with Crippen LogP contribution in [0.4, 0.5) is 5.82 Å². The van der Waals surface area contributed by atoms with Gasteiger partial charge < -0.3 is 24.4 Å². The summed E-state index contributed by atoms with van der Waals surface area (Å²) in [5, 5.41) is 7.61. The first-order chi connectivity index (χ1) is 16.6. The molecule has 0 bridgehead atoms. The fourth-order valence-electron chi connectivity index (χ4n) is 3.41. The van der Waals surface area contributed by atoms with Gasteiger partial charge in [0.1, 0.15) is 23.1 Å². The lowest BCUT2D eigenvalue weighted by molar-refractivity contribution is -0.116. The Balaban J connectivity index is 1.81. The molecule has 0 atom stereocenters. The minimum Gasteiger partial charge on any atom is -0.497 e. The standard InChI is InChI=1S/C26H32N4O5/c1-26(2,3)22-15-23(30(28-22)17-8-10-18(33-5)11-9-17)27-24(31)16-29(4)25(32)20-13-12-19(34-6)14-21(20)35-7/h8-15H,16H2,1-7H3,(H,27,31). The summed E-state index contributed by atoms with van der Waals surface area (Å²) in [5.74, 6) is 1.46. The van der Waals surface area contributed by atoms with Crippen LogP contribution >= 0.6 is 0 Å². The van der Waals surface area contributed by atoms with Crippen molar-refractivity contribution in [2.24, 2.45) is 0 Å². The first kappa shape index (κ1) is 25.6. The van der Waals surface area contributed by atoms with E-state index in [0.717, 1.165) is 17.1 Å². The normalized spacial score (nSPS) is 11.1. The van der Waals surface area contributed by atoms with Gasteiger partial charge in [-0.05, 0) is 36.4 Å². The van der Waals surface area contributed by atoms with E-state index in [-0.39, 0.29) is 23.8 Å². The maximum atomic E-state index is 13.0. The van der Waals surface area contributed by atoms with Crippen molar-refractivity contribution in [1.29, 1.82) is 0 Å². The van der Waals surface area contributed by atoms with E-state index in [1.54, 1.807) is 37.0 Å². The van der Waals surface area contributed by atoms with Crippen molar-refractivity contribution in [2.45, 2.75) is 26.2 Å². The maximum Gasteiger partial charge on any atom is 0.257 e. The number of benzene rings is 2. The zero-order valence-corrected chi connectivity index (χ0v) is 21.2. The minimum absolute atomic E-state index is 0.160. The predicted molar refractivity (Wildman–Crippen MR) is 134 cm³/mol. The number of nitrogens with zero attached hydrogens (tertiary/aromatic N) is 3. The van der Waals surface area contributed by atoms with Crippen LogP contribution in [0.1, 0.15) is 36.8 Å². The van der Waals surface area contributed by atoms with Gasteiger partial charge >= 0.3 is 0 Å². The molecule has 0 spiro atoms. The number of carbonyl (C=O) groups is 2. The van der Waals surface area contributed by atoms with Crippen molar-refractivity contribution in [3.63, 3.8) is 0 Å². The Labute approximate surface area is 205 Å². The molecule has 9 heteroatoms. The van der Waals surface area contributed by atoms with Crippen LogP contribution in [0.15, 0.2) is 48.5 Å². The zero-order valence-electron chi connectivity index (χ0n) is 21.2. The predicted octanol–water partition coefficient (Wildman–Crippen LogP) is 3.91. The Kier molecular flexibility index (Phi) is 7.68. The largest absolute Gasteiger partial charge is 0.497 e. The molecule has 0 unspecified atom stereocenters. The van der Waals surface area contributed by atoms with Gasteiger partial charge in [0.05, 0.1) is 44.8 Å². The summed E-state index contributed by atoms with van der Waals surface area (Å²) in [6.07, 6.45) is 0. The minimum atomic E-state index is -0.358. The summed E-state index contributed by atoms with van der Waals surface area (Å²) in [5.41, 5.74) is 1.69. The summed E-state index contributed by atoms with van der Waals surface area (Å²) in [6.45, 7) is 5.99. The van der Waals surface area contributed by atoms with E-state index < -0.39 is 0 Å². The van der Waals surface area contributed by atoms with E-state index in [9.17, 15) is 9.59 Å². The molecular formula is C26H32N4O5. The molecular weight excluding hydrogens is 448 g/mol. The molecule has 186 valence electrons. The maximum absolute atomic E-state index is 13.0. The molecule has 0 radical (unpaired) electrons. The molecule has 35 heavy (non-hydrogen) atoms. The molecule has 3 rings (SSSR count). The first-order valence-electron chi connectivity index (χ1n) is 11.1. The number of likely N-dealkylation sites (N-methyl/N-ethyl adjacent to an activating group) is 1. The fraction of sp³-hybridized carbons (Fsp3) is 0.346. The highest BCUT2D eigenvalue weighted by atomic mass is 16.5. The molecule has 2 amide bonds. The van der Waals surface area contributed by atoms with Crippen LogP contribution in [0.25, 0.3) is 5.69 Å². The van der Waals surface area contributed by atoms with Crippen LogP contribution in [0.5, 0.6) is 17.2 Å². The van der Waals surface area contributed by atoms with Gasteiger partial charge in [0, 0.05) is 24.6 Å². The van der Waals surface area contributed by atoms with Crippen molar-refractivity contribution >= 4 is 17.6 Å². The summed E-state index contributed by atoms with van der Waals surface area (Å²) < 4.78 is 17.4. The molecule has 0 saturated heterocycles. The average Bonchev–Trinajstić information content (AvgIpc) is 3.27. The Morgan fingerprint density at radius 3 is 2.14 bits per heavy atom. The van der Waals surface area contributed by atoms with Gasteiger partial charge in [-0.3, -0.25) is 9.59 Å². The Bertz CT molecular complexity index is 1200. The third-order valence-corrected chi connectivity index (χ3v) is 5.43. The van der Waals surface area contributed by atoms with Crippen molar-refractivity contribution in [1.82, 2.24) is 14.7 Å². The van der Waals surface area contributed by atoms with E-state index in [1.165, 1.54) is 19.1 Å². The van der Waals surface area contributed by atoms with E-state index in [0.29, 0.717) is 22.9 Å². The topological polar surface area (TPSA) is 94.9 Å². The summed E-state index contributed by atoms with van der Waals surface area (Å²) in [4.78, 5) is 27.3. The van der Waals surface area contributed by atoms with Crippen LogP contribution in [0, 0.1) is 0 Å². The molecule has 2 aromatic carbocycles. The molecule has 1 aromatic heterocycles. The summed E-state index contributed by atoms with van der Waals surface area (Å²) >= 11 is 0. The molecule has 9 nitrogen and oxygen atoms in total. The van der Waals surface area contributed by atoms with Gasteiger partial charge in [-0.25, -0.2) is 4.68 Å². The van der Waals surface area contributed by atoms with Crippen molar-refractivity contribution < 1.29 is 23.8 Å². The number of hydrogen-bond donors (Lipinski definition) is 1. The average molecular weight is 481 g/mol. The molecule has 0 aliphatic rings. The number of amides is 2. The quantitative estimate of drug-likeness (QED) is 0.525. The van der Waals surface area contributed by atoms with E-state index in [4.69, 9.17) is 19.3 Å². The number of carbonyl (C=O) groups excluding carboxylic acids is 2. The second-order valence-corrected chi connectivity index (χ2v) is 9.05. The molecule has 1 N–H and O–H groups in total. The lowest BCUT2D eigenvalue weighted by atomic mass is 9.92. The lowest BCUT2D eigenvalue weighted by Crippen LogP contribution is -2.35. The van der Waals surface area contributed by atoms with Crippen molar-refractivity contribution in [3.05, 3.63) is 59.8 Å². The molecule has 0 fully saturated rings. The molecule has 0 aliphatic heterocycles. The third-order valence-electron chi connectivity index (χ3n) is 5.43. The SMILES string of the molecule is COc1ccc(-n2nc(C(C)(C)C)cc2NC(=O)CN(C)C(=O)c2ccc(OC)cc2OC)cc1. The van der Waals surface area contributed by atoms with E-state index >= 15 is 0 Å². The molecule has 0 aliphatic carbocycles. The van der Waals surface area contributed by atoms with Crippen LogP contribution in [-0.2, 0) is 10.2 Å². The Hall–Kier alpha value is -4.01. The van der Waals surface area contributed by atoms with Crippen LogP contribution < -0.4 is 19.5 Å². The second kappa shape index (κ2) is 10.5. The highest BCUT2D eigenvalue weighted by Gasteiger charge is 2.23. The van der Waals surface area contributed by atoms with E-state index in [1.807, 2.05) is 51.1 Å². The number of rotatable bonds is 8. The van der Waals surface area contributed by atoms with Gasteiger partial charge in [-0.15, -0.1) is 0 Å². The highest BCUT2D eigenvalue weighted by molar-refractivity contribution is 6.00. The Morgan fingerprint density at radius 1 is 0.943 bits per heavy atom. The van der Waals surface area contributed by atoms with Gasteiger partial charge in [-0.2, -0.15) is 5.10 Å². The Morgan fingerprint density at radius 2 is 1.57 bits per heavy atom. The number of methoxy groups -OCH3 is 3. The smallest absolute Gasteiger partial charge is 0.257 e. The lowest BCUT2D eigenvalue weighted by Gasteiger charge is -2.19. The van der Waals surface area contributed by atoms with Crippen LogP contribution in [0.2, 0.25) is 0 Å². The number of ether oxygens (including phenoxy) is 3. The first-order valence-corrected chi connectivity index (χ1v) is 11.1. The van der Waals surface area contributed by atoms with Crippen molar-refractivity contribution in [2.75, 3.05) is 40.2 Å². The molecule has 0 saturated carbocycles. The summed E-state index contributed by atoms with van der Waals surface area (Å²) in [7, 11) is 6.18. The van der Waals surface area contributed by atoms with Gasteiger partial charge in [0.15, 0.2) is 0 Å². The van der Waals surface area contributed by atoms with Gasteiger partial charge in [-0.1, -0.05) is 20.8 Å². The number of anilines is 1. The van der Waals surface area contributed by atoms with Gasteiger partial charge in [0.25, 0.3) is 5.91 Å². The van der Waals surface area contributed by atoms with Crippen molar-refractivity contribution in [3.8, 4) is 22.9 Å². The number of nitrogens with one attached hydrogen (secondary N) is 1. The summed E-state index contributed by atoms with van der Waals surface area (Å²) in [6, 6.07) is 14.1. The number of aromatic nitrogens is 2. The van der Waals surface area contributed by atoms with Crippen LogP contribution in [0.3, 0.4) is 0 Å². The zero-order chi connectivity index (χ0) is 25.8. The van der Waals surface area contributed by atoms with E-state index in [2.05, 4.69) is 5.32 Å². The third kappa shape index (κ3) is 5.92. The number of hydrogen-bond acceptors (Lipinski definition) is 6. The van der Waals surface area contributed by atoms with Crippen LogP contribution in [-0.4, -0.2) is 61.4 Å². The second-order valence-electron chi connectivity index (χ2n) is 9.05. The molecule has 1 heterocycles. The fourth-order valence-corrected chi connectivity index (χ4v) is 3.41.